The van der Waals surface area contributed by atoms with Crippen molar-refractivity contribution in [2.45, 2.75) is 52.5 Å². The summed E-state index contributed by atoms with van der Waals surface area (Å²) in [6.45, 7) is 8.71. The lowest BCUT2D eigenvalue weighted by Crippen LogP contribution is -2.50. The second-order valence-electron chi connectivity index (χ2n) is 4.27. The predicted molar refractivity (Wildman–Crippen MR) is 58.4 cm³/mol. The Bertz CT molecular complexity index is 182. The Morgan fingerprint density at radius 2 is 2.07 bits per heavy atom. The van der Waals surface area contributed by atoms with Crippen molar-refractivity contribution in [1.82, 2.24) is 5.32 Å². The molecule has 0 amide bonds. The third-order valence-corrected chi connectivity index (χ3v) is 2.80. The van der Waals surface area contributed by atoms with Crippen LogP contribution in [0.4, 0.5) is 0 Å². The number of carboxylic acid groups (broad SMARTS) is 1. The zero-order valence-electron chi connectivity index (χ0n) is 9.76. The zero-order chi connectivity index (χ0) is 11.2. The first-order valence-corrected chi connectivity index (χ1v) is 5.44. The maximum Gasteiger partial charge on any atom is 0.323 e. The van der Waals surface area contributed by atoms with Gasteiger partial charge in [-0.15, -0.1) is 0 Å². The molecule has 2 unspecified atom stereocenters. The highest BCUT2D eigenvalue weighted by atomic mass is 16.4. The highest BCUT2D eigenvalue weighted by Gasteiger charge is 2.30. The van der Waals surface area contributed by atoms with Gasteiger partial charge in [0.2, 0.25) is 0 Å². The molecule has 0 aromatic carbocycles. The number of aliphatic carboxylic acids is 1. The molecule has 0 spiro atoms. The standard InChI is InChI=1S/C11H23NO2/c1-5-7-9(3)8-12-11(4,6-2)10(13)14/h9,12H,5-8H2,1-4H3,(H,13,14). The second-order valence-corrected chi connectivity index (χ2v) is 4.27. The van der Waals surface area contributed by atoms with Gasteiger partial charge in [-0.1, -0.05) is 27.2 Å². The van der Waals surface area contributed by atoms with Gasteiger partial charge in [0.15, 0.2) is 0 Å². The average Bonchev–Trinajstić information content (AvgIpc) is 2.14. The highest BCUT2D eigenvalue weighted by molar-refractivity contribution is 5.78. The number of hydrogen-bond donors (Lipinski definition) is 2. The van der Waals surface area contributed by atoms with Gasteiger partial charge < -0.3 is 10.4 Å². The average molecular weight is 201 g/mol. The quantitative estimate of drug-likeness (QED) is 0.664. The van der Waals surface area contributed by atoms with Crippen LogP contribution in [-0.2, 0) is 4.79 Å². The van der Waals surface area contributed by atoms with Crippen molar-refractivity contribution in [1.29, 1.82) is 0 Å². The van der Waals surface area contributed by atoms with Crippen LogP contribution in [0.2, 0.25) is 0 Å². The first-order chi connectivity index (χ1) is 6.46. The lowest BCUT2D eigenvalue weighted by atomic mass is 9.97. The minimum atomic E-state index is -0.762. The molecule has 0 aliphatic rings. The number of rotatable bonds is 7. The Morgan fingerprint density at radius 1 is 1.50 bits per heavy atom. The largest absolute Gasteiger partial charge is 0.480 e. The smallest absolute Gasteiger partial charge is 0.323 e. The minimum Gasteiger partial charge on any atom is -0.480 e. The van der Waals surface area contributed by atoms with Crippen molar-refractivity contribution < 1.29 is 9.90 Å². The SMILES string of the molecule is CCCC(C)CNC(C)(CC)C(=O)O. The topological polar surface area (TPSA) is 49.3 Å². The maximum atomic E-state index is 11.0. The lowest BCUT2D eigenvalue weighted by Gasteiger charge is -2.26. The van der Waals surface area contributed by atoms with Crippen LogP contribution in [0.3, 0.4) is 0 Å². The van der Waals surface area contributed by atoms with Gasteiger partial charge in [0.05, 0.1) is 0 Å². The number of carboxylic acids is 1. The van der Waals surface area contributed by atoms with Crippen molar-refractivity contribution in [2.75, 3.05) is 6.54 Å². The van der Waals surface area contributed by atoms with Gasteiger partial charge >= 0.3 is 5.97 Å². The maximum absolute atomic E-state index is 11.0. The molecule has 0 heterocycles. The van der Waals surface area contributed by atoms with E-state index in [1.165, 1.54) is 0 Å². The van der Waals surface area contributed by atoms with Crippen LogP contribution in [0.1, 0.15) is 47.0 Å². The van der Waals surface area contributed by atoms with E-state index in [1.54, 1.807) is 6.92 Å². The molecular formula is C11H23NO2. The molecule has 14 heavy (non-hydrogen) atoms. The molecule has 0 saturated heterocycles. The van der Waals surface area contributed by atoms with Gasteiger partial charge in [0, 0.05) is 0 Å². The first-order valence-electron chi connectivity index (χ1n) is 5.44. The Kier molecular flexibility index (Phi) is 5.77. The van der Waals surface area contributed by atoms with E-state index in [2.05, 4.69) is 19.2 Å². The summed E-state index contributed by atoms with van der Waals surface area (Å²) in [4.78, 5) is 11.0. The van der Waals surface area contributed by atoms with Crippen molar-refractivity contribution >= 4 is 5.97 Å². The van der Waals surface area contributed by atoms with Crippen molar-refractivity contribution in [3.63, 3.8) is 0 Å². The second kappa shape index (κ2) is 6.02. The number of carbonyl (C=O) groups is 1. The van der Waals surface area contributed by atoms with E-state index in [9.17, 15) is 4.79 Å². The minimum absolute atomic E-state index is 0.547. The summed E-state index contributed by atoms with van der Waals surface area (Å²) in [5.41, 5.74) is -0.762. The van der Waals surface area contributed by atoms with Gasteiger partial charge in [-0.05, 0) is 32.2 Å². The predicted octanol–water partition coefficient (Wildman–Crippen LogP) is 2.27. The Morgan fingerprint density at radius 3 is 2.43 bits per heavy atom. The van der Waals surface area contributed by atoms with E-state index < -0.39 is 11.5 Å². The Labute approximate surface area is 86.9 Å². The summed E-state index contributed by atoms with van der Waals surface area (Å²) in [6, 6.07) is 0. The molecular weight excluding hydrogens is 178 g/mol. The van der Waals surface area contributed by atoms with Crippen molar-refractivity contribution in [3.8, 4) is 0 Å². The summed E-state index contributed by atoms with van der Waals surface area (Å²) >= 11 is 0. The fraction of sp³-hybridized carbons (Fsp3) is 0.909. The molecule has 0 aliphatic heterocycles. The summed E-state index contributed by atoms with van der Waals surface area (Å²) < 4.78 is 0. The summed E-state index contributed by atoms with van der Waals surface area (Å²) in [6.07, 6.45) is 2.91. The fourth-order valence-electron chi connectivity index (χ4n) is 1.35. The summed E-state index contributed by atoms with van der Waals surface area (Å²) in [5.74, 6) is -0.214. The van der Waals surface area contributed by atoms with Gasteiger partial charge in [-0.25, -0.2) is 0 Å². The van der Waals surface area contributed by atoms with E-state index in [-0.39, 0.29) is 0 Å². The molecule has 84 valence electrons. The Balaban J connectivity index is 4.01. The molecule has 2 atom stereocenters. The van der Waals surface area contributed by atoms with Gasteiger partial charge in [-0.3, -0.25) is 4.79 Å². The lowest BCUT2D eigenvalue weighted by molar-refractivity contribution is -0.144. The van der Waals surface area contributed by atoms with E-state index in [1.807, 2.05) is 6.92 Å². The third kappa shape index (κ3) is 4.09. The van der Waals surface area contributed by atoms with Crippen LogP contribution < -0.4 is 5.32 Å². The van der Waals surface area contributed by atoms with Gasteiger partial charge in [0.1, 0.15) is 5.54 Å². The molecule has 0 aromatic rings. The summed E-state index contributed by atoms with van der Waals surface area (Å²) in [5, 5.41) is 12.1. The van der Waals surface area contributed by atoms with Crippen LogP contribution in [0.25, 0.3) is 0 Å². The molecule has 0 radical (unpaired) electrons. The molecule has 0 fully saturated rings. The van der Waals surface area contributed by atoms with Crippen LogP contribution in [0.5, 0.6) is 0 Å². The van der Waals surface area contributed by atoms with E-state index in [4.69, 9.17) is 5.11 Å². The Hall–Kier alpha value is -0.570. The molecule has 0 rings (SSSR count). The van der Waals surface area contributed by atoms with Crippen LogP contribution in [0, 0.1) is 5.92 Å². The normalized spacial score (nSPS) is 17.4. The fourth-order valence-corrected chi connectivity index (χ4v) is 1.35. The molecule has 2 N–H and O–H groups in total. The molecule has 0 bridgehead atoms. The van der Waals surface area contributed by atoms with Crippen LogP contribution in [-0.4, -0.2) is 23.2 Å². The van der Waals surface area contributed by atoms with E-state index >= 15 is 0 Å². The molecule has 3 heteroatoms. The molecule has 0 aliphatic carbocycles. The molecule has 3 nitrogen and oxygen atoms in total. The number of hydrogen-bond acceptors (Lipinski definition) is 2. The first kappa shape index (κ1) is 13.4. The van der Waals surface area contributed by atoms with E-state index in [0.717, 1.165) is 19.4 Å². The van der Waals surface area contributed by atoms with Crippen molar-refractivity contribution in [3.05, 3.63) is 0 Å². The van der Waals surface area contributed by atoms with Gasteiger partial charge in [0.25, 0.3) is 0 Å². The number of nitrogens with one attached hydrogen (secondary N) is 1. The summed E-state index contributed by atoms with van der Waals surface area (Å²) in [7, 11) is 0. The zero-order valence-corrected chi connectivity index (χ0v) is 9.76. The monoisotopic (exact) mass is 201 g/mol. The van der Waals surface area contributed by atoms with E-state index in [0.29, 0.717) is 12.3 Å². The van der Waals surface area contributed by atoms with Gasteiger partial charge in [-0.2, -0.15) is 0 Å². The van der Waals surface area contributed by atoms with Crippen LogP contribution in [0.15, 0.2) is 0 Å². The van der Waals surface area contributed by atoms with Crippen LogP contribution >= 0.6 is 0 Å². The third-order valence-electron chi connectivity index (χ3n) is 2.80. The van der Waals surface area contributed by atoms with Crippen molar-refractivity contribution in [2.24, 2.45) is 5.92 Å². The molecule has 0 aromatic heterocycles. The highest BCUT2D eigenvalue weighted by Crippen LogP contribution is 2.11. The molecule has 0 saturated carbocycles.